The predicted molar refractivity (Wildman–Crippen MR) is 95.2 cm³/mol. The van der Waals surface area contributed by atoms with Gasteiger partial charge in [0.15, 0.2) is 0 Å². The van der Waals surface area contributed by atoms with Crippen molar-refractivity contribution in [2.75, 3.05) is 32.7 Å². The molecule has 1 heterocycles. The Balaban J connectivity index is 1.63. The van der Waals surface area contributed by atoms with Gasteiger partial charge in [-0.05, 0) is 29.8 Å². The summed E-state index contributed by atoms with van der Waals surface area (Å²) >= 11 is 0. The van der Waals surface area contributed by atoms with Gasteiger partial charge in [0.25, 0.3) is 0 Å². The largest absolute Gasteiger partial charge is 0.314 e. The van der Waals surface area contributed by atoms with E-state index in [4.69, 9.17) is 0 Å². The minimum Gasteiger partial charge on any atom is -0.314 e. The van der Waals surface area contributed by atoms with Crippen LogP contribution >= 0.6 is 0 Å². The number of piperazine rings is 1. The van der Waals surface area contributed by atoms with Crippen molar-refractivity contribution in [3.05, 3.63) is 66.0 Å². The zero-order valence-electron chi connectivity index (χ0n) is 13.9. The summed E-state index contributed by atoms with van der Waals surface area (Å²) < 4.78 is 40.7. The number of rotatable bonds is 6. The lowest BCUT2D eigenvalue weighted by Gasteiger charge is -2.36. The molecule has 1 aliphatic rings. The van der Waals surface area contributed by atoms with Crippen molar-refractivity contribution in [2.24, 2.45) is 0 Å². The van der Waals surface area contributed by atoms with E-state index in [1.165, 1.54) is 6.07 Å². The molecule has 0 aliphatic carbocycles. The highest BCUT2D eigenvalue weighted by molar-refractivity contribution is 7.89. The maximum absolute atomic E-state index is 13.5. The zero-order chi connectivity index (χ0) is 17.7. The number of sulfonamides is 1. The van der Waals surface area contributed by atoms with Crippen molar-refractivity contribution in [1.29, 1.82) is 0 Å². The zero-order valence-corrected chi connectivity index (χ0v) is 14.7. The standard InChI is InChI=1S/C18H22FN3O2S/c19-16-6-4-5-15(13-16)18-14-20-9-11-22(18)12-10-21-25(23,24)17-7-2-1-3-8-17/h1-8,13,18,20-21H,9-12,14H2. The minimum atomic E-state index is -3.50. The number of hydrogen-bond donors (Lipinski definition) is 2. The van der Waals surface area contributed by atoms with Gasteiger partial charge in [0.2, 0.25) is 10.0 Å². The van der Waals surface area contributed by atoms with Crippen LogP contribution in [0.3, 0.4) is 0 Å². The molecule has 0 amide bonds. The molecular weight excluding hydrogens is 341 g/mol. The molecule has 1 unspecified atom stereocenters. The number of nitrogens with one attached hydrogen (secondary N) is 2. The predicted octanol–water partition coefficient (Wildman–Crippen LogP) is 1.75. The molecule has 0 saturated carbocycles. The second-order valence-electron chi connectivity index (χ2n) is 6.02. The van der Waals surface area contributed by atoms with Crippen LogP contribution in [0.2, 0.25) is 0 Å². The van der Waals surface area contributed by atoms with Crippen LogP contribution in [0.4, 0.5) is 4.39 Å². The van der Waals surface area contributed by atoms with E-state index < -0.39 is 10.0 Å². The molecule has 2 aromatic carbocycles. The Hall–Kier alpha value is -1.80. The van der Waals surface area contributed by atoms with Crippen LogP contribution in [0.5, 0.6) is 0 Å². The van der Waals surface area contributed by atoms with Crippen molar-refractivity contribution >= 4 is 10.0 Å². The minimum absolute atomic E-state index is 0.0330. The van der Waals surface area contributed by atoms with E-state index in [2.05, 4.69) is 14.9 Å². The van der Waals surface area contributed by atoms with E-state index in [0.29, 0.717) is 13.1 Å². The smallest absolute Gasteiger partial charge is 0.240 e. The highest BCUT2D eigenvalue weighted by Gasteiger charge is 2.24. The highest BCUT2D eigenvalue weighted by atomic mass is 32.2. The molecule has 1 saturated heterocycles. The summed E-state index contributed by atoms with van der Waals surface area (Å²) in [7, 11) is -3.50. The van der Waals surface area contributed by atoms with E-state index >= 15 is 0 Å². The van der Waals surface area contributed by atoms with Crippen LogP contribution in [0.1, 0.15) is 11.6 Å². The van der Waals surface area contributed by atoms with Crippen molar-refractivity contribution in [1.82, 2.24) is 14.9 Å². The van der Waals surface area contributed by atoms with Crippen molar-refractivity contribution in [3.8, 4) is 0 Å². The van der Waals surface area contributed by atoms with Gasteiger partial charge in [0.1, 0.15) is 5.82 Å². The van der Waals surface area contributed by atoms with Crippen LogP contribution in [-0.2, 0) is 10.0 Å². The highest BCUT2D eigenvalue weighted by Crippen LogP contribution is 2.22. The molecule has 0 spiro atoms. The monoisotopic (exact) mass is 363 g/mol. The van der Waals surface area contributed by atoms with Gasteiger partial charge in [0, 0.05) is 38.8 Å². The topological polar surface area (TPSA) is 61.4 Å². The molecular formula is C18H22FN3O2S. The van der Waals surface area contributed by atoms with Gasteiger partial charge < -0.3 is 5.32 Å². The Kier molecular flexibility index (Phi) is 5.80. The third-order valence-corrected chi connectivity index (χ3v) is 5.81. The van der Waals surface area contributed by atoms with Gasteiger partial charge in [0.05, 0.1) is 4.90 Å². The van der Waals surface area contributed by atoms with E-state index in [9.17, 15) is 12.8 Å². The van der Waals surface area contributed by atoms with E-state index in [0.717, 1.165) is 25.2 Å². The molecule has 2 N–H and O–H groups in total. The lowest BCUT2D eigenvalue weighted by Crippen LogP contribution is -2.48. The summed E-state index contributed by atoms with van der Waals surface area (Å²) in [5.74, 6) is -0.257. The van der Waals surface area contributed by atoms with E-state index in [1.807, 2.05) is 6.07 Å². The first-order chi connectivity index (χ1) is 12.1. The molecule has 7 heteroatoms. The maximum atomic E-state index is 13.5. The van der Waals surface area contributed by atoms with Crippen molar-refractivity contribution in [2.45, 2.75) is 10.9 Å². The molecule has 2 aromatic rings. The number of hydrogen-bond acceptors (Lipinski definition) is 4. The van der Waals surface area contributed by atoms with E-state index in [1.54, 1.807) is 42.5 Å². The van der Waals surface area contributed by atoms with Crippen LogP contribution in [0.25, 0.3) is 0 Å². The fraction of sp³-hybridized carbons (Fsp3) is 0.333. The lowest BCUT2D eigenvalue weighted by atomic mass is 10.0. The second-order valence-corrected chi connectivity index (χ2v) is 7.79. The average Bonchev–Trinajstić information content (AvgIpc) is 2.63. The molecule has 0 aromatic heterocycles. The van der Waals surface area contributed by atoms with Gasteiger partial charge in [-0.25, -0.2) is 17.5 Å². The van der Waals surface area contributed by atoms with Gasteiger partial charge in [-0.3, -0.25) is 4.90 Å². The fourth-order valence-corrected chi connectivity index (χ4v) is 4.11. The maximum Gasteiger partial charge on any atom is 0.240 e. The Morgan fingerprint density at radius 3 is 2.72 bits per heavy atom. The Bertz CT molecular complexity index is 799. The van der Waals surface area contributed by atoms with Crippen LogP contribution in [-0.4, -0.2) is 46.0 Å². The molecule has 1 fully saturated rings. The van der Waals surface area contributed by atoms with Crippen molar-refractivity contribution < 1.29 is 12.8 Å². The van der Waals surface area contributed by atoms with E-state index in [-0.39, 0.29) is 16.8 Å². The molecule has 134 valence electrons. The summed E-state index contributed by atoms with van der Waals surface area (Å²) in [5.41, 5.74) is 0.901. The summed E-state index contributed by atoms with van der Waals surface area (Å²) in [6.45, 7) is 3.21. The van der Waals surface area contributed by atoms with Gasteiger partial charge in [-0.1, -0.05) is 30.3 Å². The Labute approximate surface area is 147 Å². The first-order valence-electron chi connectivity index (χ1n) is 8.31. The Morgan fingerprint density at radius 2 is 1.96 bits per heavy atom. The molecule has 1 aliphatic heterocycles. The third-order valence-electron chi connectivity index (χ3n) is 4.33. The van der Waals surface area contributed by atoms with Crippen LogP contribution in [0.15, 0.2) is 59.5 Å². The average molecular weight is 363 g/mol. The Morgan fingerprint density at radius 1 is 1.16 bits per heavy atom. The number of halogens is 1. The first-order valence-corrected chi connectivity index (χ1v) is 9.79. The molecule has 0 radical (unpaired) electrons. The summed E-state index contributed by atoms with van der Waals surface area (Å²) in [6, 6.07) is 14.9. The first kappa shape index (κ1) is 18.0. The van der Waals surface area contributed by atoms with Gasteiger partial charge in [-0.2, -0.15) is 0 Å². The van der Waals surface area contributed by atoms with Crippen molar-refractivity contribution in [3.63, 3.8) is 0 Å². The van der Waals surface area contributed by atoms with Crippen LogP contribution < -0.4 is 10.0 Å². The van der Waals surface area contributed by atoms with Gasteiger partial charge in [-0.15, -0.1) is 0 Å². The third kappa shape index (κ3) is 4.64. The molecule has 0 bridgehead atoms. The summed E-state index contributed by atoms with van der Waals surface area (Å²) in [5, 5.41) is 3.31. The fourth-order valence-electron chi connectivity index (χ4n) is 3.06. The molecule has 1 atom stereocenters. The molecule has 3 rings (SSSR count). The SMILES string of the molecule is O=S(=O)(NCCN1CCNCC1c1cccc(F)c1)c1ccccc1. The van der Waals surface area contributed by atoms with Gasteiger partial charge >= 0.3 is 0 Å². The van der Waals surface area contributed by atoms with Crippen LogP contribution in [0, 0.1) is 5.82 Å². The summed E-state index contributed by atoms with van der Waals surface area (Å²) in [6.07, 6.45) is 0. The lowest BCUT2D eigenvalue weighted by molar-refractivity contribution is 0.165. The molecule has 25 heavy (non-hydrogen) atoms. The summed E-state index contributed by atoms with van der Waals surface area (Å²) in [4.78, 5) is 2.44. The second kappa shape index (κ2) is 8.05. The number of benzene rings is 2. The quantitative estimate of drug-likeness (QED) is 0.821. The number of nitrogens with zero attached hydrogens (tertiary/aromatic N) is 1. The normalized spacial score (nSPS) is 19.0. The molecule has 5 nitrogen and oxygen atoms in total.